The maximum Gasteiger partial charge on any atom is 0.249 e. The molecule has 0 saturated carbocycles. The Morgan fingerprint density at radius 1 is 1.00 bits per heavy atom. The van der Waals surface area contributed by atoms with Crippen LogP contribution in [-0.2, 0) is 16.0 Å². The van der Waals surface area contributed by atoms with Gasteiger partial charge in [-0.1, -0.05) is 60.7 Å². The summed E-state index contributed by atoms with van der Waals surface area (Å²) < 4.78 is 0. The normalized spacial score (nSPS) is 11.4. The molecule has 4 aromatic rings. The lowest BCUT2D eigenvalue weighted by atomic mass is 10.0. The van der Waals surface area contributed by atoms with Crippen molar-refractivity contribution in [2.45, 2.75) is 6.42 Å². The van der Waals surface area contributed by atoms with E-state index in [0.717, 1.165) is 11.1 Å². The van der Waals surface area contributed by atoms with Crippen molar-refractivity contribution in [3.63, 3.8) is 0 Å². The Balaban J connectivity index is 1.70. The van der Waals surface area contributed by atoms with Gasteiger partial charge in [0.25, 0.3) is 0 Å². The Hall–Kier alpha value is -4.19. The molecule has 0 spiro atoms. The van der Waals surface area contributed by atoms with Gasteiger partial charge in [0.2, 0.25) is 11.8 Å². The fourth-order valence-corrected chi connectivity index (χ4v) is 3.35. The molecule has 0 aliphatic rings. The van der Waals surface area contributed by atoms with E-state index in [2.05, 4.69) is 15.3 Å². The van der Waals surface area contributed by atoms with E-state index in [-0.39, 0.29) is 12.3 Å². The highest BCUT2D eigenvalue weighted by Gasteiger charge is 2.14. The topological polar surface area (TPSA) is 101 Å². The minimum atomic E-state index is -0.533. The van der Waals surface area contributed by atoms with Crippen LogP contribution in [0.2, 0.25) is 0 Å². The number of primary amides is 1. The Labute approximate surface area is 173 Å². The van der Waals surface area contributed by atoms with Crippen molar-refractivity contribution in [3.8, 4) is 0 Å². The van der Waals surface area contributed by atoms with Crippen LogP contribution >= 0.6 is 0 Å². The number of fused-ring (bicyclic) bond motifs is 1. The minimum absolute atomic E-state index is 0.136. The molecule has 4 rings (SSSR count). The number of hydrogen-bond acceptors (Lipinski definition) is 3. The first kappa shape index (κ1) is 19.1. The average Bonchev–Trinajstić information content (AvgIpc) is 3.17. The SMILES string of the molecule is NC(=O)C(=Cc1c[nH]c2nccc(NC(=O)Cc3ccccc3)c12)c1ccccc1. The van der Waals surface area contributed by atoms with Crippen molar-refractivity contribution in [1.29, 1.82) is 0 Å². The first-order valence-corrected chi connectivity index (χ1v) is 9.48. The summed E-state index contributed by atoms with van der Waals surface area (Å²) in [6, 6.07) is 20.5. The molecule has 0 aliphatic heterocycles. The van der Waals surface area contributed by atoms with Crippen molar-refractivity contribution < 1.29 is 9.59 Å². The number of carbonyl (C=O) groups is 2. The molecule has 0 atom stereocenters. The Kier molecular flexibility index (Phi) is 5.39. The molecule has 0 bridgehead atoms. The van der Waals surface area contributed by atoms with Crippen molar-refractivity contribution in [3.05, 3.63) is 95.8 Å². The number of pyridine rings is 1. The molecular formula is C24H20N4O2. The highest BCUT2D eigenvalue weighted by molar-refractivity contribution is 6.24. The number of H-pyrrole nitrogens is 1. The second-order valence-corrected chi connectivity index (χ2v) is 6.82. The lowest BCUT2D eigenvalue weighted by Crippen LogP contribution is -2.15. The number of nitrogens with one attached hydrogen (secondary N) is 2. The molecule has 0 aliphatic carbocycles. The molecule has 0 saturated heterocycles. The van der Waals surface area contributed by atoms with Gasteiger partial charge in [0.15, 0.2) is 0 Å². The van der Waals surface area contributed by atoms with Gasteiger partial charge in [0, 0.05) is 28.9 Å². The van der Waals surface area contributed by atoms with Crippen LogP contribution < -0.4 is 11.1 Å². The number of amides is 2. The van der Waals surface area contributed by atoms with Crippen molar-refractivity contribution in [2.75, 3.05) is 5.32 Å². The van der Waals surface area contributed by atoms with Crippen LogP contribution in [0, 0.1) is 0 Å². The summed E-state index contributed by atoms with van der Waals surface area (Å²) in [6.07, 6.45) is 5.34. The summed E-state index contributed by atoms with van der Waals surface area (Å²) in [5.41, 5.74) is 9.59. The number of aromatic nitrogens is 2. The molecule has 6 heteroatoms. The quantitative estimate of drug-likeness (QED) is 0.433. The molecule has 0 radical (unpaired) electrons. The largest absolute Gasteiger partial charge is 0.366 e. The minimum Gasteiger partial charge on any atom is -0.366 e. The number of nitrogens with two attached hydrogens (primary N) is 1. The molecule has 30 heavy (non-hydrogen) atoms. The van der Waals surface area contributed by atoms with Gasteiger partial charge in [-0.15, -0.1) is 0 Å². The van der Waals surface area contributed by atoms with Gasteiger partial charge in [-0.3, -0.25) is 9.59 Å². The molecule has 2 aromatic carbocycles. The van der Waals surface area contributed by atoms with E-state index in [1.807, 2.05) is 60.7 Å². The maximum atomic E-state index is 12.6. The van der Waals surface area contributed by atoms with Gasteiger partial charge in [-0.2, -0.15) is 0 Å². The molecule has 148 valence electrons. The van der Waals surface area contributed by atoms with Crippen LogP contribution in [0.1, 0.15) is 16.7 Å². The van der Waals surface area contributed by atoms with Crippen molar-refractivity contribution in [2.24, 2.45) is 5.73 Å². The van der Waals surface area contributed by atoms with E-state index in [1.54, 1.807) is 24.5 Å². The molecule has 6 nitrogen and oxygen atoms in total. The summed E-state index contributed by atoms with van der Waals surface area (Å²) in [7, 11) is 0. The van der Waals surface area contributed by atoms with E-state index >= 15 is 0 Å². The summed E-state index contributed by atoms with van der Waals surface area (Å²) in [5.74, 6) is -0.669. The van der Waals surface area contributed by atoms with E-state index in [0.29, 0.717) is 27.9 Å². The van der Waals surface area contributed by atoms with Gasteiger partial charge >= 0.3 is 0 Å². The smallest absolute Gasteiger partial charge is 0.249 e. The average molecular weight is 396 g/mol. The summed E-state index contributed by atoms with van der Waals surface area (Å²) in [6.45, 7) is 0. The second kappa shape index (κ2) is 8.45. The third kappa shape index (κ3) is 4.12. The first-order chi connectivity index (χ1) is 14.6. The number of aromatic amines is 1. The predicted octanol–water partition coefficient (Wildman–Crippen LogP) is 3.77. The van der Waals surface area contributed by atoms with Gasteiger partial charge in [-0.05, 0) is 23.3 Å². The number of carbonyl (C=O) groups excluding carboxylic acids is 2. The Morgan fingerprint density at radius 2 is 1.70 bits per heavy atom. The van der Waals surface area contributed by atoms with Crippen LogP contribution in [-0.4, -0.2) is 21.8 Å². The van der Waals surface area contributed by atoms with Crippen molar-refractivity contribution in [1.82, 2.24) is 9.97 Å². The maximum absolute atomic E-state index is 12.6. The van der Waals surface area contributed by atoms with Gasteiger partial charge < -0.3 is 16.0 Å². The van der Waals surface area contributed by atoms with Crippen LogP contribution in [0.4, 0.5) is 5.69 Å². The third-order valence-electron chi connectivity index (χ3n) is 4.74. The molecular weight excluding hydrogens is 376 g/mol. The van der Waals surface area contributed by atoms with E-state index in [9.17, 15) is 9.59 Å². The molecule has 0 fully saturated rings. The highest BCUT2D eigenvalue weighted by Crippen LogP contribution is 2.29. The summed E-state index contributed by atoms with van der Waals surface area (Å²) in [4.78, 5) is 32.1. The zero-order chi connectivity index (χ0) is 20.9. The predicted molar refractivity (Wildman–Crippen MR) is 118 cm³/mol. The zero-order valence-corrected chi connectivity index (χ0v) is 16.1. The first-order valence-electron chi connectivity index (χ1n) is 9.48. The number of benzene rings is 2. The molecule has 2 aromatic heterocycles. The van der Waals surface area contributed by atoms with Crippen molar-refractivity contribution >= 4 is 40.2 Å². The fourth-order valence-electron chi connectivity index (χ4n) is 3.35. The standard InChI is InChI=1S/C24H20N4O2/c25-23(30)19(17-9-5-2-6-10-17)14-18-15-27-24-22(18)20(11-12-26-24)28-21(29)13-16-7-3-1-4-8-16/h1-12,14-15H,13H2,(H2,25,30)(H2,26,27,28,29). The number of anilines is 1. The monoisotopic (exact) mass is 396 g/mol. The zero-order valence-electron chi connectivity index (χ0n) is 16.1. The summed E-state index contributed by atoms with van der Waals surface area (Å²) >= 11 is 0. The Morgan fingerprint density at radius 3 is 2.40 bits per heavy atom. The highest BCUT2D eigenvalue weighted by atomic mass is 16.2. The van der Waals surface area contributed by atoms with Crippen LogP contribution in [0.25, 0.3) is 22.7 Å². The van der Waals surface area contributed by atoms with Crippen LogP contribution in [0.5, 0.6) is 0 Å². The molecule has 2 amide bonds. The lowest BCUT2D eigenvalue weighted by molar-refractivity contribution is -0.115. The third-order valence-corrected chi connectivity index (χ3v) is 4.74. The molecule has 4 N–H and O–H groups in total. The van der Waals surface area contributed by atoms with E-state index < -0.39 is 5.91 Å². The summed E-state index contributed by atoms with van der Waals surface area (Å²) in [5, 5.41) is 3.67. The van der Waals surface area contributed by atoms with Crippen LogP contribution in [0.3, 0.4) is 0 Å². The van der Waals surface area contributed by atoms with Gasteiger partial charge in [0.1, 0.15) is 5.65 Å². The Bertz CT molecular complexity index is 1230. The number of rotatable bonds is 6. The van der Waals surface area contributed by atoms with Gasteiger partial charge in [0.05, 0.1) is 12.1 Å². The number of hydrogen-bond donors (Lipinski definition) is 3. The molecule has 2 heterocycles. The second-order valence-electron chi connectivity index (χ2n) is 6.82. The fraction of sp³-hybridized carbons (Fsp3) is 0.0417. The lowest BCUT2D eigenvalue weighted by Gasteiger charge is -2.08. The molecule has 0 unspecified atom stereocenters. The van der Waals surface area contributed by atoms with E-state index in [1.165, 1.54) is 0 Å². The van der Waals surface area contributed by atoms with Gasteiger partial charge in [-0.25, -0.2) is 4.98 Å². The number of nitrogens with zero attached hydrogens (tertiary/aromatic N) is 1. The van der Waals surface area contributed by atoms with E-state index in [4.69, 9.17) is 5.73 Å². The van der Waals surface area contributed by atoms with Crippen LogP contribution in [0.15, 0.2) is 79.1 Å².